The zero-order valence-electron chi connectivity index (χ0n) is 10.8. The molecule has 1 unspecified atom stereocenters. The molecule has 0 amide bonds. The van der Waals surface area contributed by atoms with Crippen LogP contribution < -0.4 is 5.73 Å². The van der Waals surface area contributed by atoms with E-state index in [-0.39, 0.29) is 0 Å². The molecule has 0 fully saturated rings. The van der Waals surface area contributed by atoms with Crippen molar-refractivity contribution in [3.8, 4) is 0 Å². The van der Waals surface area contributed by atoms with Gasteiger partial charge in [-0.25, -0.2) is 0 Å². The first-order valence-corrected chi connectivity index (χ1v) is 6.18. The fraction of sp³-hybridized carbons (Fsp3) is 0.462. The highest BCUT2D eigenvalue weighted by Gasteiger charge is 2.08. The molecule has 5 heteroatoms. The number of hydrogen-bond donors (Lipinski definition) is 2. The van der Waals surface area contributed by atoms with E-state index in [0.29, 0.717) is 18.1 Å². The van der Waals surface area contributed by atoms with Crippen molar-refractivity contribution in [3.05, 3.63) is 35.4 Å². The van der Waals surface area contributed by atoms with Gasteiger partial charge in [-0.3, -0.25) is 4.90 Å². The first-order chi connectivity index (χ1) is 8.52. The van der Waals surface area contributed by atoms with Gasteiger partial charge in [-0.1, -0.05) is 30.4 Å². The fourth-order valence-corrected chi connectivity index (χ4v) is 1.93. The average Bonchev–Trinajstić information content (AvgIpc) is 2.29. The van der Waals surface area contributed by atoms with E-state index >= 15 is 0 Å². The maximum atomic E-state index is 9.63. The summed E-state index contributed by atoms with van der Waals surface area (Å²) >= 11 is 4.95. The lowest BCUT2D eigenvalue weighted by Crippen LogP contribution is -2.31. The normalized spacial score (nSPS) is 12.7. The number of nitrogens with two attached hydrogens (primary N) is 1. The second-order valence-corrected chi connectivity index (χ2v) is 4.81. The Hall–Kier alpha value is -1.01. The lowest BCUT2D eigenvalue weighted by Gasteiger charge is -2.20. The van der Waals surface area contributed by atoms with Crippen LogP contribution in [0.1, 0.15) is 11.1 Å². The van der Waals surface area contributed by atoms with Crippen molar-refractivity contribution in [2.45, 2.75) is 12.6 Å². The van der Waals surface area contributed by atoms with Crippen molar-refractivity contribution < 1.29 is 9.84 Å². The number of rotatable bonds is 7. The van der Waals surface area contributed by atoms with Gasteiger partial charge in [0.25, 0.3) is 0 Å². The van der Waals surface area contributed by atoms with Crippen LogP contribution in [-0.4, -0.2) is 48.4 Å². The summed E-state index contributed by atoms with van der Waals surface area (Å²) in [6.07, 6.45) is -0.473. The number of benzene rings is 1. The van der Waals surface area contributed by atoms with Crippen molar-refractivity contribution in [2.75, 3.05) is 27.3 Å². The largest absolute Gasteiger partial charge is 0.389 e. The molecule has 0 aromatic heterocycles. The third-order valence-corrected chi connectivity index (χ3v) is 2.78. The summed E-state index contributed by atoms with van der Waals surface area (Å²) in [5, 5.41) is 9.63. The van der Waals surface area contributed by atoms with Crippen LogP contribution in [0, 0.1) is 0 Å². The average molecular weight is 268 g/mol. The lowest BCUT2D eigenvalue weighted by atomic mass is 10.1. The molecule has 0 aliphatic heterocycles. The van der Waals surface area contributed by atoms with E-state index in [2.05, 4.69) is 0 Å². The van der Waals surface area contributed by atoms with Gasteiger partial charge < -0.3 is 15.6 Å². The molecular weight excluding hydrogens is 248 g/mol. The molecular formula is C13H20N2O2S. The van der Waals surface area contributed by atoms with Crippen molar-refractivity contribution >= 4 is 17.2 Å². The Bertz CT molecular complexity index is 398. The Morgan fingerprint density at radius 2 is 2.28 bits per heavy atom. The van der Waals surface area contributed by atoms with E-state index in [1.54, 1.807) is 7.11 Å². The first kappa shape index (κ1) is 15.0. The maximum absolute atomic E-state index is 9.63. The van der Waals surface area contributed by atoms with Gasteiger partial charge in [-0.15, -0.1) is 0 Å². The molecule has 0 saturated heterocycles. The quantitative estimate of drug-likeness (QED) is 0.715. The highest BCUT2D eigenvalue weighted by molar-refractivity contribution is 7.80. The van der Waals surface area contributed by atoms with Gasteiger partial charge in [0.1, 0.15) is 4.99 Å². The van der Waals surface area contributed by atoms with Gasteiger partial charge in [-0.2, -0.15) is 0 Å². The monoisotopic (exact) mass is 268 g/mol. The highest BCUT2D eigenvalue weighted by Crippen LogP contribution is 2.08. The summed E-state index contributed by atoms with van der Waals surface area (Å²) < 4.78 is 4.89. The van der Waals surface area contributed by atoms with Crippen LogP contribution in [0.2, 0.25) is 0 Å². The highest BCUT2D eigenvalue weighted by atomic mass is 32.1. The van der Waals surface area contributed by atoms with Crippen molar-refractivity contribution in [1.82, 2.24) is 4.90 Å². The summed E-state index contributed by atoms with van der Waals surface area (Å²) in [7, 11) is 3.53. The van der Waals surface area contributed by atoms with E-state index < -0.39 is 6.10 Å². The van der Waals surface area contributed by atoms with E-state index in [1.165, 1.54) is 0 Å². The number of aliphatic hydroxyl groups excluding tert-OH is 1. The Labute approximate surface area is 113 Å². The Morgan fingerprint density at radius 1 is 1.56 bits per heavy atom. The van der Waals surface area contributed by atoms with Gasteiger partial charge in [-0.05, 0) is 18.7 Å². The maximum Gasteiger partial charge on any atom is 0.103 e. The molecule has 0 saturated carbocycles. The van der Waals surface area contributed by atoms with Crippen LogP contribution in [0.5, 0.6) is 0 Å². The summed E-state index contributed by atoms with van der Waals surface area (Å²) in [4.78, 5) is 2.43. The second kappa shape index (κ2) is 7.43. The van der Waals surface area contributed by atoms with Crippen LogP contribution in [0.15, 0.2) is 24.3 Å². The van der Waals surface area contributed by atoms with Crippen molar-refractivity contribution in [2.24, 2.45) is 5.73 Å². The van der Waals surface area contributed by atoms with E-state index in [0.717, 1.165) is 17.7 Å². The zero-order valence-corrected chi connectivity index (χ0v) is 11.6. The molecule has 3 N–H and O–H groups in total. The summed E-state index contributed by atoms with van der Waals surface area (Å²) in [6.45, 7) is 1.64. The smallest absolute Gasteiger partial charge is 0.103 e. The van der Waals surface area contributed by atoms with Crippen LogP contribution in [0.4, 0.5) is 0 Å². The van der Waals surface area contributed by atoms with E-state index in [1.807, 2.05) is 36.2 Å². The Morgan fingerprint density at radius 3 is 2.89 bits per heavy atom. The number of aliphatic hydroxyl groups is 1. The van der Waals surface area contributed by atoms with Gasteiger partial charge in [0.15, 0.2) is 0 Å². The van der Waals surface area contributed by atoms with Crippen molar-refractivity contribution in [1.29, 1.82) is 0 Å². The minimum absolute atomic E-state index is 0.345. The number of thiocarbonyl (C=S) groups is 1. The minimum atomic E-state index is -0.473. The predicted octanol–water partition coefficient (Wildman–Crippen LogP) is 0.760. The second-order valence-electron chi connectivity index (χ2n) is 4.37. The standard InChI is InChI=1S/C13H20N2O2S/c1-15(8-12(16)9-17-2)7-10-4-3-5-11(6-10)13(14)18/h3-6,12,16H,7-9H2,1-2H3,(H2,14,18). The summed E-state index contributed by atoms with van der Waals surface area (Å²) in [5.74, 6) is 0. The molecule has 18 heavy (non-hydrogen) atoms. The van der Waals surface area contributed by atoms with Crippen LogP contribution in [0.25, 0.3) is 0 Å². The molecule has 0 aliphatic rings. The molecule has 0 bridgehead atoms. The number of hydrogen-bond acceptors (Lipinski definition) is 4. The topological polar surface area (TPSA) is 58.7 Å². The van der Waals surface area contributed by atoms with E-state index in [4.69, 9.17) is 22.7 Å². The fourth-order valence-electron chi connectivity index (χ4n) is 1.80. The first-order valence-electron chi connectivity index (χ1n) is 5.77. The minimum Gasteiger partial charge on any atom is -0.389 e. The summed E-state index contributed by atoms with van der Waals surface area (Å²) in [5.41, 5.74) is 7.58. The molecule has 1 aromatic carbocycles. The third kappa shape index (κ3) is 5.10. The lowest BCUT2D eigenvalue weighted by molar-refractivity contribution is 0.0419. The molecule has 1 aromatic rings. The van der Waals surface area contributed by atoms with Gasteiger partial charge >= 0.3 is 0 Å². The number of nitrogens with zero attached hydrogens (tertiary/aromatic N) is 1. The molecule has 1 atom stereocenters. The SMILES string of the molecule is COCC(O)CN(C)Cc1cccc(C(N)=S)c1. The molecule has 0 aliphatic carbocycles. The Kier molecular flexibility index (Phi) is 6.21. The Balaban J connectivity index is 2.56. The molecule has 0 spiro atoms. The summed E-state index contributed by atoms with van der Waals surface area (Å²) in [6, 6.07) is 7.82. The molecule has 0 radical (unpaired) electrons. The van der Waals surface area contributed by atoms with Crippen LogP contribution >= 0.6 is 12.2 Å². The van der Waals surface area contributed by atoms with Gasteiger partial charge in [0, 0.05) is 25.8 Å². The van der Waals surface area contributed by atoms with Crippen LogP contribution in [-0.2, 0) is 11.3 Å². The molecule has 100 valence electrons. The number of likely N-dealkylation sites (N-methyl/N-ethyl adjacent to an activating group) is 1. The number of ether oxygens (including phenoxy) is 1. The number of methoxy groups -OCH3 is 1. The van der Waals surface area contributed by atoms with Crippen LogP contribution in [0.3, 0.4) is 0 Å². The van der Waals surface area contributed by atoms with E-state index in [9.17, 15) is 5.11 Å². The van der Waals surface area contributed by atoms with Gasteiger partial charge in [0.2, 0.25) is 0 Å². The zero-order chi connectivity index (χ0) is 13.5. The third-order valence-electron chi connectivity index (χ3n) is 2.55. The van der Waals surface area contributed by atoms with Crippen molar-refractivity contribution in [3.63, 3.8) is 0 Å². The van der Waals surface area contributed by atoms with Gasteiger partial charge in [0.05, 0.1) is 12.7 Å². The molecule has 1 rings (SSSR count). The predicted molar refractivity (Wildman–Crippen MR) is 76.5 cm³/mol. The molecule has 0 heterocycles. The molecule has 4 nitrogen and oxygen atoms in total.